The number of hydrogen-bond donors (Lipinski definition) is 1. The number of amides is 3. The fraction of sp³-hybridized carbons (Fsp3) is 0.483. The number of benzene rings is 2. The van der Waals surface area contributed by atoms with Gasteiger partial charge >= 0.3 is 24.5 Å². The van der Waals surface area contributed by atoms with Gasteiger partial charge in [0.2, 0.25) is 0 Å². The van der Waals surface area contributed by atoms with Crippen LogP contribution >= 0.6 is 0 Å². The highest BCUT2D eigenvalue weighted by Crippen LogP contribution is 2.39. The predicted molar refractivity (Wildman–Crippen MR) is 145 cm³/mol. The van der Waals surface area contributed by atoms with E-state index < -0.39 is 58.3 Å². The number of piperazine rings is 1. The molecule has 1 aliphatic heterocycles. The summed E-state index contributed by atoms with van der Waals surface area (Å²) in [6, 6.07) is 4.64. The van der Waals surface area contributed by atoms with Crippen molar-refractivity contribution in [3.63, 3.8) is 0 Å². The first-order valence-electron chi connectivity index (χ1n) is 13.2. The Balaban J connectivity index is 2.01. The highest BCUT2D eigenvalue weighted by atomic mass is 19.4. The van der Waals surface area contributed by atoms with Gasteiger partial charge in [0.1, 0.15) is 11.2 Å². The number of anilines is 1. The van der Waals surface area contributed by atoms with Crippen LogP contribution in [0.3, 0.4) is 0 Å². The van der Waals surface area contributed by atoms with Crippen molar-refractivity contribution in [1.82, 2.24) is 9.80 Å². The standard InChI is InChI=1S/C29H33F6N3O5/c1-26(2,3)42-24(40)36-22-8-7-17(18-13-19(28(30,31)32)16-20(14-18)29(33,34)35)15-21(22)23(39)37-9-11-38(12-10-37)25(41)43-27(4,5)6/h7-8,13-16H,9-12H2,1-6H3,(H,36,40). The molecule has 0 bridgehead atoms. The molecule has 236 valence electrons. The number of carbonyl (C=O) groups excluding carboxylic acids is 3. The molecule has 14 heteroatoms. The van der Waals surface area contributed by atoms with Crippen LogP contribution in [-0.4, -0.2) is 65.3 Å². The van der Waals surface area contributed by atoms with E-state index in [9.17, 15) is 40.7 Å². The van der Waals surface area contributed by atoms with Crippen LogP contribution in [0.4, 0.5) is 41.6 Å². The van der Waals surface area contributed by atoms with E-state index in [0.29, 0.717) is 12.1 Å². The van der Waals surface area contributed by atoms with Crippen LogP contribution in [0.25, 0.3) is 11.1 Å². The molecule has 0 atom stereocenters. The van der Waals surface area contributed by atoms with E-state index in [1.807, 2.05) is 0 Å². The van der Waals surface area contributed by atoms with E-state index in [2.05, 4.69) is 5.32 Å². The van der Waals surface area contributed by atoms with Crippen LogP contribution in [-0.2, 0) is 21.8 Å². The molecule has 3 amide bonds. The van der Waals surface area contributed by atoms with E-state index in [4.69, 9.17) is 9.47 Å². The first-order chi connectivity index (χ1) is 19.5. The van der Waals surface area contributed by atoms with Crippen molar-refractivity contribution in [2.45, 2.75) is 65.1 Å². The molecule has 2 aromatic rings. The highest BCUT2D eigenvalue weighted by Gasteiger charge is 2.37. The number of nitrogens with one attached hydrogen (secondary N) is 1. The molecule has 0 spiro atoms. The van der Waals surface area contributed by atoms with Crippen LogP contribution in [0.15, 0.2) is 36.4 Å². The Hall–Kier alpha value is -3.97. The third-order valence-electron chi connectivity index (χ3n) is 6.03. The summed E-state index contributed by atoms with van der Waals surface area (Å²) in [7, 11) is 0. The Morgan fingerprint density at radius 2 is 1.16 bits per heavy atom. The molecule has 43 heavy (non-hydrogen) atoms. The van der Waals surface area contributed by atoms with Crippen LogP contribution in [0.5, 0.6) is 0 Å². The number of ether oxygens (including phenoxy) is 2. The number of alkyl halides is 6. The van der Waals surface area contributed by atoms with Crippen LogP contribution in [0.2, 0.25) is 0 Å². The van der Waals surface area contributed by atoms with E-state index >= 15 is 0 Å². The fourth-order valence-corrected chi connectivity index (χ4v) is 4.13. The van der Waals surface area contributed by atoms with E-state index in [-0.39, 0.29) is 49.1 Å². The smallest absolute Gasteiger partial charge is 0.416 e. The molecule has 1 N–H and O–H groups in total. The van der Waals surface area contributed by atoms with Gasteiger partial charge in [-0.2, -0.15) is 26.3 Å². The molecule has 0 radical (unpaired) electrons. The molecule has 1 aliphatic rings. The van der Waals surface area contributed by atoms with E-state index in [1.54, 1.807) is 41.5 Å². The van der Waals surface area contributed by atoms with Gasteiger partial charge in [0.15, 0.2) is 0 Å². The van der Waals surface area contributed by atoms with Gasteiger partial charge in [0.25, 0.3) is 5.91 Å². The third-order valence-corrected chi connectivity index (χ3v) is 6.03. The third kappa shape index (κ3) is 9.26. The van der Waals surface area contributed by atoms with Gasteiger partial charge in [-0.3, -0.25) is 10.1 Å². The van der Waals surface area contributed by atoms with Crippen molar-refractivity contribution in [3.8, 4) is 11.1 Å². The molecule has 1 saturated heterocycles. The van der Waals surface area contributed by atoms with Gasteiger partial charge < -0.3 is 19.3 Å². The lowest BCUT2D eigenvalue weighted by atomic mass is 9.96. The number of hydrogen-bond acceptors (Lipinski definition) is 5. The topological polar surface area (TPSA) is 88.2 Å². The average Bonchev–Trinajstić information content (AvgIpc) is 2.85. The zero-order valence-electron chi connectivity index (χ0n) is 24.5. The molecule has 0 aliphatic carbocycles. The fourth-order valence-electron chi connectivity index (χ4n) is 4.13. The zero-order valence-corrected chi connectivity index (χ0v) is 24.5. The monoisotopic (exact) mass is 617 g/mol. The molecule has 0 unspecified atom stereocenters. The minimum Gasteiger partial charge on any atom is -0.444 e. The Morgan fingerprint density at radius 3 is 1.63 bits per heavy atom. The van der Waals surface area contributed by atoms with E-state index in [0.717, 1.165) is 6.07 Å². The van der Waals surface area contributed by atoms with Crippen molar-refractivity contribution in [1.29, 1.82) is 0 Å². The predicted octanol–water partition coefficient (Wildman–Crippen LogP) is 7.43. The van der Waals surface area contributed by atoms with Crippen molar-refractivity contribution in [2.75, 3.05) is 31.5 Å². The van der Waals surface area contributed by atoms with Crippen LogP contribution in [0, 0.1) is 0 Å². The lowest BCUT2D eigenvalue weighted by Crippen LogP contribution is -2.51. The van der Waals surface area contributed by atoms with Gasteiger partial charge in [-0.25, -0.2) is 9.59 Å². The summed E-state index contributed by atoms with van der Waals surface area (Å²) in [5, 5.41) is 2.44. The number of halogens is 6. The number of nitrogens with zero attached hydrogens (tertiary/aromatic N) is 2. The lowest BCUT2D eigenvalue weighted by molar-refractivity contribution is -0.143. The SMILES string of the molecule is CC(C)(C)OC(=O)Nc1ccc(-c2cc(C(F)(F)F)cc(C(F)(F)F)c2)cc1C(=O)N1CCN(C(=O)OC(C)(C)C)CC1. The first-order valence-corrected chi connectivity index (χ1v) is 13.2. The second kappa shape index (κ2) is 12.0. The molecule has 1 heterocycles. The van der Waals surface area contributed by atoms with Crippen molar-refractivity contribution >= 4 is 23.8 Å². The summed E-state index contributed by atoms with van der Waals surface area (Å²) in [6.07, 6.45) is -11.6. The summed E-state index contributed by atoms with van der Waals surface area (Å²) >= 11 is 0. The Kier molecular flexibility index (Phi) is 9.33. The van der Waals surface area contributed by atoms with Crippen LogP contribution in [0.1, 0.15) is 63.0 Å². The Bertz CT molecular complexity index is 1340. The molecule has 2 aromatic carbocycles. The largest absolute Gasteiger partial charge is 0.444 e. The second-order valence-corrected chi connectivity index (χ2v) is 11.9. The minimum atomic E-state index is -5.07. The van der Waals surface area contributed by atoms with Gasteiger partial charge in [-0.1, -0.05) is 6.07 Å². The molecule has 0 saturated carbocycles. The van der Waals surface area contributed by atoms with Crippen molar-refractivity contribution < 1.29 is 50.2 Å². The molecular weight excluding hydrogens is 584 g/mol. The minimum absolute atomic E-state index is 0.0120. The highest BCUT2D eigenvalue weighted by molar-refractivity contribution is 6.04. The van der Waals surface area contributed by atoms with Crippen molar-refractivity contribution in [2.24, 2.45) is 0 Å². The molecule has 1 fully saturated rings. The lowest BCUT2D eigenvalue weighted by Gasteiger charge is -2.36. The maximum atomic E-state index is 13.7. The Labute approximate surface area is 244 Å². The molecule has 0 aromatic heterocycles. The van der Waals surface area contributed by atoms with Gasteiger partial charge in [-0.15, -0.1) is 0 Å². The average molecular weight is 618 g/mol. The summed E-state index contributed by atoms with van der Waals surface area (Å²) in [5.74, 6) is -0.667. The maximum Gasteiger partial charge on any atom is 0.416 e. The molecular formula is C29H33F6N3O5. The summed E-state index contributed by atoms with van der Waals surface area (Å²) in [5.41, 5.74) is -5.49. The maximum absolute atomic E-state index is 13.7. The summed E-state index contributed by atoms with van der Waals surface area (Å²) in [6.45, 7) is 10.3. The zero-order chi connectivity index (χ0) is 32.5. The van der Waals surface area contributed by atoms with Gasteiger partial charge in [-0.05, 0) is 83.0 Å². The summed E-state index contributed by atoms with van der Waals surface area (Å²) in [4.78, 5) is 41.4. The Morgan fingerprint density at radius 1 is 0.674 bits per heavy atom. The number of rotatable bonds is 3. The van der Waals surface area contributed by atoms with Crippen LogP contribution < -0.4 is 5.32 Å². The number of carbonyl (C=O) groups is 3. The van der Waals surface area contributed by atoms with Crippen molar-refractivity contribution in [3.05, 3.63) is 53.1 Å². The molecule has 8 nitrogen and oxygen atoms in total. The first kappa shape index (κ1) is 33.5. The normalized spacial score (nSPS) is 14.8. The molecule has 3 rings (SSSR count). The van der Waals surface area contributed by atoms with Gasteiger partial charge in [0.05, 0.1) is 22.4 Å². The summed E-state index contributed by atoms with van der Waals surface area (Å²) < 4.78 is 91.6. The second-order valence-electron chi connectivity index (χ2n) is 11.9. The van der Waals surface area contributed by atoms with Gasteiger partial charge in [0, 0.05) is 26.2 Å². The quantitative estimate of drug-likeness (QED) is 0.362. The van der Waals surface area contributed by atoms with E-state index in [1.165, 1.54) is 21.9 Å².